The van der Waals surface area contributed by atoms with Gasteiger partial charge in [0.15, 0.2) is 0 Å². The van der Waals surface area contributed by atoms with Gasteiger partial charge in [-0.2, -0.15) is 0 Å². The highest BCUT2D eigenvalue weighted by Gasteiger charge is 2.46. The molecule has 2 rings (SSSR count). The molecule has 0 saturated carbocycles. The van der Waals surface area contributed by atoms with E-state index in [0.717, 1.165) is 6.07 Å². The number of hydrogen-bond donors (Lipinski definition) is 1. The van der Waals surface area contributed by atoms with Gasteiger partial charge in [-0.3, -0.25) is 4.79 Å². The van der Waals surface area contributed by atoms with Crippen molar-refractivity contribution in [3.63, 3.8) is 0 Å². The van der Waals surface area contributed by atoms with Crippen molar-refractivity contribution >= 4 is 27.8 Å². The summed E-state index contributed by atoms with van der Waals surface area (Å²) in [6.07, 6.45) is 1.03. The Morgan fingerprint density at radius 3 is 2.79 bits per heavy atom. The van der Waals surface area contributed by atoms with Crippen LogP contribution in [0, 0.1) is 5.82 Å². The van der Waals surface area contributed by atoms with Crippen molar-refractivity contribution in [3.8, 4) is 0 Å². The number of aliphatic carboxylic acids is 1. The van der Waals surface area contributed by atoms with Gasteiger partial charge in [0.05, 0.1) is 5.56 Å². The number of carbonyl (C=O) groups excluding carboxylic acids is 1. The largest absolute Gasteiger partial charge is 0.480 e. The first-order valence-electron chi connectivity index (χ1n) is 5.86. The van der Waals surface area contributed by atoms with Crippen LogP contribution in [0.15, 0.2) is 22.7 Å². The third kappa shape index (κ3) is 2.36. The van der Waals surface area contributed by atoms with Crippen LogP contribution in [0.2, 0.25) is 0 Å². The summed E-state index contributed by atoms with van der Waals surface area (Å²) in [6.45, 7) is 1.89. The molecule has 1 N–H and O–H groups in total. The van der Waals surface area contributed by atoms with E-state index in [4.69, 9.17) is 0 Å². The molecule has 1 amide bonds. The highest BCUT2D eigenvalue weighted by atomic mass is 79.9. The topological polar surface area (TPSA) is 57.6 Å². The smallest absolute Gasteiger partial charge is 0.329 e. The van der Waals surface area contributed by atoms with Gasteiger partial charge in [-0.15, -0.1) is 0 Å². The maximum absolute atomic E-state index is 13.2. The van der Waals surface area contributed by atoms with Crippen molar-refractivity contribution in [3.05, 3.63) is 34.1 Å². The number of amides is 1. The number of likely N-dealkylation sites (tertiary alicyclic amines) is 1. The molecule has 1 heterocycles. The van der Waals surface area contributed by atoms with Gasteiger partial charge < -0.3 is 10.0 Å². The number of rotatable bonds is 2. The molecule has 4 nitrogen and oxygen atoms in total. The Morgan fingerprint density at radius 1 is 1.47 bits per heavy atom. The maximum atomic E-state index is 13.2. The molecule has 1 unspecified atom stereocenters. The third-order valence-electron chi connectivity index (χ3n) is 3.51. The van der Waals surface area contributed by atoms with Crippen LogP contribution in [-0.4, -0.2) is 34.0 Å². The Kier molecular flexibility index (Phi) is 3.62. The van der Waals surface area contributed by atoms with Crippen LogP contribution in [0.3, 0.4) is 0 Å². The highest BCUT2D eigenvalue weighted by Crippen LogP contribution is 2.32. The molecular weight excluding hydrogens is 317 g/mol. The minimum atomic E-state index is -1.22. The van der Waals surface area contributed by atoms with Crippen LogP contribution in [0.4, 0.5) is 4.39 Å². The lowest BCUT2D eigenvalue weighted by Crippen LogP contribution is -2.50. The third-order valence-corrected chi connectivity index (χ3v) is 4.20. The summed E-state index contributed by atoms with van der Waals surface area (Å²) in [5.41, 5.74) is -1.07. The SMILES string of the molecule is CC1(C(=O)O)CCCN1C(=O)c1cc(F)ccc1Br. The molecule has 1 aromatic rings. The summed E-state index contributed by atoms with van der Waals surface area (Å²) < 4.78 is 13.7. The average Bonchev–Trinajstić information content (AvgIpc) is 2.75. The predicted octanol–water partition coefficient (Wildman–Crippen LogP) is 2.67. The van der Waals surface area contributed by atoms with E-state index >= 15 is 0 Å². The molecular formula is C13H13BrFNO3. The molecule has 6 heteroatoms. The number of carbonyl (C=O) groups is 2. The number of carboxylic acid groups (broad SMARTS) is 1. The Morgan fingerprint density at radius 2 is 2.16 bits per heavy atom. The molecule has 1 aromatic carbocycles. The predicted molar refractivity (Wildman–Crippen MR) is 70.4 cm³/mol. The van der Waals surface area contributed by atoms with Gasteiger partial charge in [0.25, 0.3) is 5.91 Å². The van der Waals surface area contributed by atoms with E-state index in [2.05, 4.69) is 15.9 Å². The number of nitrogens with zero attached hydrogens (tertiary/aromatic N) is 1. The molecule has 0 bridgehead atoms. The van der Waals surface area contributed by atoms with Crippen LogP contribution in [0.25, 0.3) is 0 Å². The molecule has 0 radical (unpaired) electrons. The van der Waals surface area contributed by atoms with Crippen LogP contribution >= 0.6 is 15.9 Å². The summed E-state index contributed by atoms with van der Waals surface area (Å²) in [5, 5.41) is 9.28. The van der Waals surface area contributed by atoms with E-state index in [9.17, 15) is 19.1 Å². The zero-order valence-corrected chi connectivity index (χ0v) is 11.9. The molecule has 0 spiro atoms. The van der Waals surface area contributed by atoms with E-state index in [1.807, 2.05) is 0 Å². The Hall–Kier alpha value is -1.43. The fraction of sp³-hybridized carbons (Fsp3) is 0.385. The Labute approximate surface area is 118 Å². The molecule has 19 heavy (non-hydrogen) atoms. The van der Waals surface area contributed by atoms with E-state index in [1.54, 1.807) is 0 Å². The molecule has 102 valence electrons. The minimum Gasteiger partial charge on any atom is -0.480 e. The van der Waals surface area contributed by atoms with Gasteiger partial charge >= 0.3 is 5.97 Å². The van der Waals surface area contributed by atoms with E-state index in [-0.39, 0.29) is 5.56 Å². The van der Waals surface area contributed by atoms with E-state index in [0.29, 0.717) is 23.9 Å². The second-order valence-corrected chi connectivity index (χ2v) is 5.62. The lowest BCUT2D eigenvalue weighted by molar-refractivity contribution is -0.147. The first kappa shape index (κ1) is 14.0. The van der Waals surface area contributed by atoms with Crippen molar-refractivity contribution in [2.45, 2.75) is 25.3 Å². The minimum absolute atomic E-state index is 0.148. The van der Waals surface area contributed by atoms with Crippen LogP contribution in [0.5, 0.6) is 0 Å². The van der Waals surface area contributed by atoms with Gasteiger partial charge in [-0.25, -0.2) is 9.18 Å². The molecule has 0 aromatic heterocycles. The number of benzene rings is 1. The number of carboxylic acids is 1. The quantitative estimate of drug-likeness (QED) is 0.907. The first-order chi connectivity index (χ1) is 8.86. The lowest BCUT2D eigenvalue weighted by atomic mass is 9.98. The average molecular weight is 330 g/mol. The second kappa shape index (κ2) is 4.92. The molecule has 1 aliphatic heterocycles. The molecule has 0 aliphatic carbocycles. The van der Waals surface area contributed by atoms with Crippen molar-refractivity contribution < 1.29 is 19.1 Å². The van der Waals surface area contributed by atoms with Gasteiger partial charge in [0, 0.05) is 11.0 Å². The lowest BCUT2D eigenvalue weighted by Gasteiger charge is -2.31. The summed E-state index contributed by atoms with van der Waals surface area (Å²) >= 11 is 3.19. The van der Waals surface area contributed by atoms with E-state index in [1.165, 1.54) is 24.0 Å². The Balaban J connectivity index is 2.39. The van der Waals surface area contributed by atoms with Gasteiger partial charge in [0.1, 0.15) is 11.4 Å². The van der Waals surface area contributed by atoms with Crippen molar-refractivity contribution in [1.29, 1.82) is 0 Å². The number of hydrogen-bond acceptors (Lipinski definition) is 2. The fourth-order valence-corrected chi connectivity index (χ4v) is 2.73. The zero-order chi connectivity index (χ0) is 14.2. The monoisotopic (exact) mass is 329 g/mol. The normalized spacial score (nSPS) is 22.6. The Bertz CT molecular complexity index is 549. The maximum Gasteiger partial charge on any atom is 0.329 e. The molecule has 1 saturated heterocycles. The summed E-state index contributed by atoms with van der Waals surface area (Å²) in [6, 6.07) is 3.80. The summed E-state index contributed by atoms with van der Waals surface area (Å²) in [5.74, 6) is -2.03. The van der Waals surface area contributed by atoms with Crippen molar-refractivity contribution in [2.24, 2.45) is 0 Å². The van der Waals surface area contributed by atoms with Gasteiger partial charge in [-0.05, 0) is 53.9 Å². The van der Waals surface area contributed by atoms with E-state index < -0.39 is 23.2 Å². The van der Waals surface area contributed by atoms with Gasteiger partial charge in [0.2, 0.25) is 0 Å². The molecule has 1 aliphatic rings. The highest BCUT2D eigenvalue weighted by molar-refractivity contribution is 9.10. The van der Waals surface area contributed by atoms with Gasteiger partial charge in [-0.1, -0.05) is 0 Å². The van der Waals surface area contributed by atoms with Crippen LogP contribution < -0.4 is 0 Å². The second-order valence-electron chi connectivity index (χ2n) is 4.76. The summed E-state index contributed by atoms with van der Waals surface area (Å²) in [7, 11) is 0. The standard InChI is InChI=1S/C13H13BrFNO3/c1-13(12(18)19)5-2-6-16(13)11(17)9-7-8(15)3-4-10(9)14/h3-4,7H,2,5-6H2,1H3,(H,18,19). The van der Waals surface area contributed by atoms with Crippen molar-refractivity contribution in [1.82, 2.24) is 4.90 Å². The van der Waals surface area contributed by atoms with Crippen LogP contribution in [0.1, 0.15) is 30.1 Å². The summed E-state index contributed by atoms with van der Waals surface area (Å²) in [4.78, 5) is 25.0. The zero-order valence-electron chi connectivity index (χ0n) is 10.3. The number of halogens is 2. The van der Waals surface area contributed by atoms with Crippen LogP contribution in [-0.2, 0) is 4.79 Å². The molecule has 1 fully saturated rings. The molecule has 1 atom stereocenters. The first-order valence-corrected chi connectivity index (χ1v) is 6.66. The fourth-order valence-electron chi connectivity index (χ4n) is 2.32. The van der Waals surface area contributed by atoms with Crippen molar-refractivity contribution in [2.75, 3.05) is 6.54 Å².